The summed E-state index contributed by atoms with van der Waals surface area (Å²) < 4.78 is 5.96. The van der Waals surface area contributed by atoms with Crippen LogP contribution in [0.25, 0.3) is 0 Å². The molecule has 1 saturated carbocycles. The Hall–Kier alpha value is -2.12. The molecule has 1 fully saturated rings. The number of thiazole rings is 1. The van der Waals surface area contributed by atoms with Crippen LogP contribution in [0.5, 0.6) is 5.75 Å². The fourth-order valence-electron chi connectivity index (χ4n) is 2.71. The molecular formula is C17H17ClN2O4S. The first-order chi connectivity index (χ1) is 12.0. The van der Waals surface area contributed by atoms with Crippen LogP contribution in [0, 0.1) is 0 Å². The van der Waals surface area contributed by atoms with E-state index in [4.69, 9.17) is 21.4 Å². The molecule has 0 unspecified atom stereocenters. The summed E-state index contributed by atoms with van der Waals surface area (Å²) in [4.78, 5) is 27.3. The van der Waals surface area contributed by atoms with Crippen LogP contribution in [0.15, 0.2) is 23.6 Å². The summed E-state index contributed by atoms with van der Waals surface area (Å²) in [6, 6.07) is 4.98. The molecule has 1 aliphatic rings. The molecule has 6 nitrogen and oxygen atoms in total. The normalized spacial score (nSPS) is 14.4. The number of amides is 1. The number of carbonyl (C=O) groups excluding carboxylic acids is 1. The molecule has 2 aromatic rings. The number of nitrogens with zero attached hydrogens (tertiary/aromatic N) is 1. The number of benzene rings is 1. The number of hydrogen-bond donors (Lipinski definition) is 2. The number of aromatic carboxylic acids is 1. The summed E-state index contributed by atoms with van der Waals surface area (Å²) in [7, 11) is 0. The lowest BCUT2D eigenvalue weighted by Crippen LogP contribution is -2.24. The Morgan fingerprint density at radius 1 is 1.36 bits per heavy atom. The summed E-state index contributed by atoms with van der Waals surface area (Å²) in [5.74, 6) is -0.905. The van der Waals surface area contributed by atoms with E-state index in [-0.39, 0.29) is 24.2 Å². The van der Waals surface area contributed by atoms with Crippen LogP contribution in [-0.2, 0) is 6.54 Å². The van der Waals surface area contributed by atoms with Gasteiger partial charge in [0.2, 0.25) is 0 Å². The van der Waals surface area contributed by atoms with E-state index < -0.39 is 5.97 Å². The highest BCUT2D eigenvalue weighted by molar-refractivity contribution is 7.09. The van der Waals surface area contributed by atoms with E-state index in [2.05, 4.69) is 10.3 Å². The van der Waals surface area contributed by atoms with Crippen molar-refractivity contribution in [1.82, 2.24) is 10.3 Å². The van der Waals surface area contributed by atoms with Gasteiger partial charge >= 0.3 is 5.97 Å². The molecule has 3 rings (SSSR count). The van der Waals surface area contributed by atoms with Crippen molar-refractivity contribution in [2.75, 3.05) is 0 Å². The van der Waals surface area contributed by atoms with Gasteiger partial charge in [0, 0.05) is 10.4 Å². The molecule has 0 aliphatic heterocycles. The lowest BCUT2D eigenvalue weighted by atomic mass is 10.1. The van der Waals surface area contributed by atoms with Gasteiger partial charge in [-0.15, -0.1) is 11.3 Å². The summed E-state index contributed by atoms with van der Waals surface area (Å²) in [6.45, 7) is 0.145. The number of nitrogens with one attached hydrogen (secondary N) is 1. The van der Waals surface area contributed by atoms with Crippen LogP contribution in [0.4, 0.5) is 0 Å². The predicted octanol–water partition coefficient (Wildman–Crippen LogP) is 3.75. The van der Waals surface area contributed by atoms with Gasteiger partial charge in [0.15, 0.2) is 5.69 Å². The lowest BCUT2D eigenvalue weighted by Gasteiger charge is -2.16. The summed E-state index contributed by atoms with van der Waals surface area (Å²) in [5, 5.41) is 14.0. The lowest BCUT2D eigenvalue weighted by molar-refractivity contribution is 0.0691. The van der Waals surface area contributed by atoms with Crippen molar-refractivity contribution in [1.29, 1.82) is 0 Å². The second kappa shape index (κ2) is 7.84. The number of halogens is 1. The minimum Gasteiger partial charge on any atom is -0.490 e. The van der Waals surface area contributed by atoms with Crippen LogP contribution in [0.2, 0.25) is 5.02 Å². The topological polar surface area (TPSA) is 88.5 Å². The molecule has 8 heteroatoms. The van der Waals surface area contributed by atoms with Crippen molar-refractivity contribution in [2.24, 2.45) is 0 Å². The van der Waals surface area contributed by atoms with Crippen molar-refractivity contribution in [3.8, 4) is 5.75 Å². The molecule has 2 N–H and O–H groups in total. The van der Waals surface area contributed by atoms with Gasteiger partial charge in [-0.05, 0) is 43.9 Å². The number of ether oxygens (including phenoxy) is 1. The summed E-state index contributed by atoms with van der Waals surface area (Å²) >= 11 is 7.21. The molecule has 1 heterocycles. The smallest absolute Gasteiger partial charge is 0.355 e. The average molecular weight is 381 g/mol. The van der Waals surface area contributed by atoms with Gasteiger partial charge in [-0.3, -0.25) is 4.79 Å². The van der Waals surface area contributed by atoms with Gasteiger partial charge in [-0.2, -0.15) is 0 Å². The van der Waals surface area contributed by atoms with Gasteiger partial charge in [-0.1, -0.05) is 11.6 Å². The van der Waals surface area contributed by atoms with Crippen LogP contribution in [0.1, 0.15) is 51.5 Å². The Labute approximate surface area is 153 Å². The third kappa shape index (κ3) is 4.49. The van der Waals surface area contributed by atoms with Crippen molar-refractivity contribution in [3.05, 3.63) is 44.9 Å². The Morgan fingerprint density at radius 2 is 2.12 bits per heavy atom. The number of hydrogen-bond acceptors (Lipinski definition) is 5. The maximum Gasteiger partial charge on any atom is 0.355 e. The molecule has 0 saturated heterocycles. The fourth-order valence-corrected chi connectivity index (χ4v) is 3.59. The highest BCUT2D eigenvalue weighted by Crippen LogP contribution is 2.28. The van der Waals surface area contributed by atoms with E-state index >= 15 is 0 Å². The van der Waals surface area contributed by atoms with E-state index in [1.54, 1.807) is 18.2 Å². The van der Waals surface area contributed by atoms with E-state index in [9.17, 15) is 9.59 Å². The van der Waals surface area contributed by atoms with Crippen LogP contribution in [0.3, 0.4) is 0 Å². The first-order valence-corrected chi connectivity index (χ1v) is 9.21. The first-order valence-electron chi connectivity index (χ1n) is 7.95. The zero-order valence-corrected chi connectivity index (χ0v) is 14.9. The second-order valence-corrected chi connectivity index (χ2v) is 7.16. The zero-order valence-electron chi connectivity index (χ0n) is 13.3. The monoisotopic (exact) mass is 380 g/mol. The molecule has 1 aromatic carbocycles. The summed E-state index contributed by atoms with van der Waals surface area (Å²) in [5.41, 5.74) is 0.344. The molecule has 0 radical (unpaired) electrons. The van der Waals surface area contributed by atoms with Crippen LogP contribution >= 0.6 is 22.9 Å². The van der Waals surface area contributed by atoms with Crippen molar-refractivity contribution in [3.63, 3.8) is 0 Å². The fraction of sp³-hybridized carbons (Fsp3) is 0.353. The minimum absolute atomic E-state index is 0.0257. The second-order valence-electron chi connectivity index (χ2n) is 5.78. The van der Waals surface area contributed by atoms with Crippen molar-refractivity contribution >= 4 is 34.8 Å². The molecule has 132 valence electrons. The van der Waals surface area contributed by atoms with Gasteiger partial charge in [0.25, 0.3) is 5.91 Å². The Balaban J connectivity index is 1.69. The van der Waals surface area contributed by atoms with E-state index in [0.29, 0.717) is 21.3 Å². The maximum absolute atomic E-state index is 12.5. The molecule has 0 spiro atoms. The van der Waals surface area contributed by atoms with Gasteiger partial charge in [0.05, 0.1) is 18.2 Å². The third-order valence-electron chi connectivity index (χ3n) is 3.95. The van der Waals surface area contributed by atoms with Crippen molar-refractivity contribution in [2.45, 2.75) is 38.3 Å². The van der Waals surface area contributed by atoms with E-state index in [0.717, 1.165) is 25.7 Å². The molecule has 1 amide bonds. The average Bonchev–Trinajstić information content (AvgIpc) is 3.26. The highest BCUT2D eigenvalue weighted by Gasteiger charge is 2.20. The summed E-state index contributed by atoms with van der Waals surface area (Å²) in [6.07, 6.45) is 4.37. The number of carboxylic acid groups (broad SMARTS) is 1. The number of carbonyl (C=O) groups is 2. The molecule has 0 atom stereocenters. The highest BCUT2D eigenvalue weighted by atomic mass is 35.5. The molecule has 1 aromatic heterocycles. The van der Waals surface area contributed by atoms with E-state index in [1.807, 2.05) is 0 Å². The Bertz CT molecular complexity index is 787. The van der Waals surface area contributed by atoms with Crippen LogP contribution < -0.4 is 10.1 Å². The van der Waals surface area contributed by atoms with Gasteiger partial charge in [0.1, 0.15) is 10.8 Å². The zero-order chi connectivity index (χ0) is 17.8. The SMILES string of the molecule is O=C(O)c1csc(CNC(=O)c2cc(Cl)ccc2OC2CCCC2)n1. The Kier molecular flexibility index (Phi) is 5.55. The standard InChI is InChI=1S/C17H17ClN2O4S/c18-10-5-6-14(24-11-3-1-2-4-11)12(7-10)16(21)19-8-15-20-13(9-25-15)17(22)23/h5-7,9,11H,1-4,8H2,(H,19,21)(H,22,23). The molecule has 1 aliphatic carbocycles. The van der Waals surface area contributed by atoms with Gasteiger partial charge < -0.3 is 15.2 Å². The molecule has 0 bridgehead atoms. The third-order valence-corrected chi connectivity index (χ3v) is 5.04. The molecule has 25 heavy (non-hydrogen) atoms. The number of rotatable bonds is 6. The van der Waals surface area contributed by atoms with Crippen LogP contribution in [-0.4, -0.2) is 28.1 Å². The number of aromatic nitrogens is 1. The first kappa shape index (κ1) is 17.7. The largest absolute Gasteiger partial charge is 0.490 e. The quantitative estimate of drug-likeness (QED) is 0.796. The van der Waals surface area contributed by atoms with E-state index in [1.165, 1.54) is 16.7 Å². The van der Waals surface area contributed by atoms with Gasteiger partial charge in [-0.25, -0.2) is 9.78 Å². The minimum atomic E-state index is -1.09. The molecular weight excluding hydrogens is 364 g/mol. The maximum atomic E-state index is 12.5. The Morgan fingerprint density at radius 3 is 2.80 bits per heavy atom. The number of carboxylic acids is 1. The van der Waals surface area contributed by atoms with Crippen molar-refractivity contribution < 1.29 is 19.4 Å². The predicted molar refractivity (Wildman–Crippen MR) is 94.6 cm³/mol.